The van der Waals surface area contributed by atoms with Gasteiger partial charge in [0.2, 0.25) is 0 Å². The van der Waals surface area contributed by atoms with Crippen LogP contribution in [0.25, 0.3) is 0 Å². The number of esters is 1. The van der Waals surface area contributed by atoms with E-state index in [1.54, 1.807) is 19.1 Å². The Morgan fingerprint density at radius 3 is 2.53 bits per heavy atom. The van der Waals surface area contributed by atoms with Crippen LogP contribution in [0.5, 0.6) is 0 Å². The van der Waals surface area contributed by atoms with Crippen LogP contribution in [0.3, 0.4) is 0 Å². The SMILES string of the molecule is CCCCc1ccc(NS(=O)(=O)c2cc(C(=O)OCC(=O)Nc3ncc([N+](=O)[O-])s3)ccc2C)cc1. The molecule has 0 aliphatic heterocycles. The van der Waals surface area contributed by atoms with Crippen molar-refractivity contribution in [3.8, 4) is 0 Å². The summed E-state index contributed by atoms with van der Waals surface area (Å²) in [6, 6.07) is 11.1. The fourth-order valence-corrected chi connectivity index (χ4v) is 5.10. The largest absolute Gasteiger partial charge is 0.452 e. The van der Waals surface area contributed by atoms with E-state index in [1.165, 1.54) is 18.2 Å². The van der Waals surface area contributed by atoms with Gasteiger partial charge >= 0.3 is 11.0 Å². The van der Waals surface area contributed by atoms with Gasteiger partial charge in [-0.1, -0.05) is 31.5 Å². The van der Waals surface area contributed by atoms with Gasteiger partial charge < -0.3 is 4.74 Å². The van der Waals surface area contributed by atoms with Crippen molar-refractivity contribution in [2.45, 2.75) is 38.0 Å². The lowest BCUT2D eigenvalue weighted by Crippen LogP contribution is -2.21. The van der Waals surface area contributed by atoms with Crippen molar-refractivity contribution in [1.82, 2.24) is 4.98 Å². The summed E-state index contributed by atoms with van der Waals surface area (Å²) in [5, 5.41) is 12.7. The molecule has 0 spiro atoms. The summed E-state index contributed by atoms with van der Waals surface area (Å²) >= 11 is 0.655. The number of aryl methyl sites for hydroxylation is 2. The van der Waals surface area contributed by atoms with Gasteiger partial charge in [-0.15, -0.1) is 0 Å². The molecule has 36 heavy (non-hydrogen) atoms. The zero-order valence-corrected chi connectivity index (χ0v) is 21.1. The second-order valence-electron chi connectivity index (χ2n) is 7.77. The van der Waals surface area contributed by atoms with Crippen molar-refractivity contribution in [2.24, 2.45) is 0 Å². The number of nitro groups is 1. The van der Waals surface area contributed by atoms with Gasteiger partial charge in [0.05, 0.1) is 15.4 Å². The van der Waals surface area contributed by atoms with Crippen LogP contribution in [-0.4, -0.2) is 36.8 Å². The van der Waals surface area contributed by atoms with Crippen LogP contribution >= 0.6 is 11.3 Å². The van der Waals surface area contributed by atoms with Crippen molar-refractivity contribution in [1.29, 1.82) is 0 Å². The molecule has 190 valence electrons. The average molecular weight is 533 g/mol. The monoisotopic (exact) mass is 532 g/mol. The number of hydrogen-bond acceptors (Lipinski definition) is 9. The van der Waals surface area contributed by atoms with Crippen LogP contribution < -0.4 is 10.0 Å². The number of carbonyl (C=O) groups is 2. The molecule has 13 heteroatoms. The van der Waals surface area contributed by atoms with Crippen molar-refractivity contribution >= 4 is 49.1 Å². The fourth-order valence-electron chi connectivity index (χ4n) is 3.12. The summed E-state index contributed by atoms with van der Waals surface area (Å²) in [6.07, 6.45) is 4.01. The van der Waals surface area contributed by atoms with Gasteiger partial charge in [0, 0.05) is 5.69 Å². The minimum atomic E-state index is -4.01. The quantitative estimate of drug-likeness (QED) is 0.210. The molecule has 3 aromatic rings. The smallest absolute Gasteiger partial charge is 0.345 e. The first kappa shape index (κ1) is 26.8. The molecule has 0 radical (unpaired) electrons. The van der Waals surface area contributed by atoms with E-state index >= 15 is 0 Å². The Labute approximate surface area is 211 Å². The van der Waals surface area contributed by atoms with E-state index in [0.29, 0.717) is 22.6 Å². The highest BCUT2D eigenvalue weighted by Gasteiger charge is 2.21. The lowest BCUT2D eigenvalue weighted by atomic mass is 10.1. The highest BCUT2D eigenvalue weighted by atomic mass is 32.2. The summed E-state index contributed by atoms with van der Waals surface area (Å²) in [5.74, 6) is -1.66. The van der Waals surface area contributed by atoms with Crippen molar-refractivity contribution < 1.29 is 27.7 Å². The number of anilines is 2. The summed E-state index contributed by atoms with van der Waals surface area (Å²) in [6.45, 7) is 3.00. The highest BCUT2D eigenvalue weighted by molar-refractivity contribution is 7.92. The van der Waals surface area contributed by atoms with Gasteiger partial charge in [-0.05, 0) is 66.5 Å². The molecule has 11 nitrogen and oxygen atoms in total. The number of nitrogens with zero attached hydrogens (tertiary/aromatic N) is 2. The van der Waals surface area contributed by atoms with Gasteiger partial charge in [0.1, 0.15) is 6.20 Å². The summed E-state index contributed by atoms with van der Waals surface area (Å²) < 4.78 is 33.5. The van der Waals surface area contributed by atoms with E-state index in [9.17, 15) is 28.1 Å². The molecule has 1 aromatic heterocycles. The van der Waals surface area contributed by atoms with Gasteiger partial charge in [-0.3, -0.25) is 24.9 Å². The van der Waals surface area contributed by atoms with Crippen LogP contribution in [0.4, 0.5) is 15.8 Å². The van der Waals surface area contributed by atoms with Crippen molar-refractivity contribution in [3.05, 3.63) is 75.5 Å². The summed E-state index contributed by atoms with van der Waals surface area (Å²) in [4.78, 5) is 38.1. The third kappa shape index (κ3) is 7.09. The predicted molar refractivity (Wildman–Crippen MR) is 135 cm³/mol. The van der Waals surface area contributed by atoms with E-state index < -0.39 is 33.4 Å². The van der Waals surface area contributed by atoms with Crippen LogP contribution in [-0.2, 0) is 26.0 Å². The molecule has 2 N–H and O–H groups in total. The number of unbranched alkanes of at least 4 members (excludes halogenated alkanes) is 1. The first-order chi connectivity index (χ1) is 17.1. The molecule has 0 aliphatic rings. The maximum atomic E-state index is 13.0. The van der Waals surface area contributed by atoms with E-state index in [1.807, 2.05) is 12.1 Å². The highest BCUT2D eigenvalue weighted by Crippen LogP contribution is 2.25. The summed E-state index contributed by atoms with van der Waals surface area (Å²) in [7, 11) is -4.01. The second kappa shape index (κ2) is 11.7. The van der Waals surface area contributed by atoms with Gasteiger partial charge in [0.15, 0.2) is 11.7 Å². The van der Waals surface area contributed by atoms with Crippen LogP contribution in [0.1, 0.15) is 41.3 Å². The van der Waals surface area contributed by atoms with Crippen LogP contribution in [0.2, 0.25) is 0 Å². The standard InChI is InChI=1S/C23H24N4O7S2/c1-3-4-5-16-7-10-18(11-8-16)26-36(32,33)19-12-17(9-6-15(19)2)22(29)34-14-20(28)25-23-24-13-21(35-23)27(30)31/h6-13,26H,3-5,14H2,1-2H3,(H,24,25,28). The minimum absolute atomic E-state index is 0.0177. The molecular formula is C23H24N4O7S2. The fraction of sp³-hybridized carbons (Fsp3) is 0.261. The average Bonchev–Trinajstić information content (AvgIpc) is 3.31. The molecule has 0 saturated carbocycles. The van der Waals surface area contributed by atoms with Crippen LogP contribution in [0, 0.1) is 17.0 Å². The molecule has 1 amide bonds. The number of nitrogens with one attached hydrogen (secondary N) is 2. The number of sulfonamides is 1. The van der Waals surface area contributed by atoms with Crippen molar-refractivity contribution in [3.63, 3.8) is 0 Å². The Kier molecular flexibility index (Phi) is 8.72. The second-order valence-corrected chi connectivity index (χ2v) is 10.4. The maximum Gasteiger partial charge on any atom is 0.345 e. The Balaban J connectivity index is 1.65. The molecule has 1 heterocycles. The molecule has 0 bridgehead atoms. The molecule has 0 unspecified atom stereocenters. The number of hydrogen-bond donors (Lipinski definition) is 2. The number of amides is 1. The van der Waals surface area contributed by atoms with E-state index in [2.05, 4.69) is 21.9 Å². The van der Waals surface area contributed by atoms with E-state index in [4.69, 9.17) is 4.74 Å². The molecular weight excluding hydrogens is 508 g/mol. The van der Waals surface area contributed by atoms with Crippen LogP contribution in [0.15, 0.2) is 53.6 Å². The van der Waals surface area contributed by atoms with Gasteiger partial charge in [0.25, 0.3) is 15.9 Å². The number of aromatic nitrogens is 1. The van der Waals surface area contributed by atoms with E-state index in [0.717, 1.165) is 31.0 Å². The number of carbonyl (C=O) groups excluding carboxylic acids is 2. The van der Waals surface area contributed by atoms with Gasteiger partial charge in [-0.25, -0.2) is 18.2 Å². The summed E-state index contributed by atoms with van der Waals surface area (Å²) in [5.41, 5.74) is 1.86. The third-order valence-corrected chi connectivity index (χ3v) is 7.38. The Morgan fingerprint density at radius 2 is 1.89 bits per heavy atom. The Morgan fingerprint density at radius 1 is 1.17 bits per heavy atom. The number of thiazole rings is 1. The lowest BCUT2D eigenvalue weighted by Gasteiger charge is -2.12. The molecule has 2 aromatic carbocycles. The number of benzene rings is 2. The zero-order valence-electron chi connectivity index (χ0n) is 19.5. The predicted octanol–water partition coefficient (Wildman–Crippen LogP) is 4.30. The molecule has 0 atom stereocenters. The molecule has 0 fully saturated rings. The third-order valence-electron chi connectivity index (χ3n) is 4.99. The lowest BCUT2D eigenvalue weighted by molar-refractivity contribution is -0.380. The Hall–Kier alpha value is -3.84. The maximum absolute atomic E-state index is 13.0. The minimum Gasteiger partial charge on any atom is -0.452 e. The molecule has 0 saturated heterocycles. The van der Waals surface area contributed by atoms with Gasteiger partial charge in [-0.2, -0.15) is 0 Å². The zero-order chi connectivity index (χ0) is 26.3. The normalized spacial score (nSPS) is 11.1. The number of rotatable bonds is 11. The Bertz CT molecular complexity index is 1370. The molecule has 3 rings (SSSR count). The topological polar surface area (TPSA) is 158 Å². The van der Waals surface area contributed by atoms with E-state index in [-0.39, 0.29) is 20.6 Å². The first-order valence-electron chi connectivity index (χ1n) is 10.9. The first-order valence-corrected chi connectivity index (χ1v) is 13.2. The van der Waals surface area contributed by atoms with Crippen molar-refractivity contribution in [2.75, 3.05) is 16.6 Å². The number of ether oxygens (including phenoxy) is 1. The molecule has 0 aliphatic carbocycles.